The topological polar surface area (TPSA) is 118 Å². The first-order chi connectivity index (χ1) is 9.36. The lowest BCUT2D eigenvalue weighted by atomic mass is 10.1. The van der Waals surface area contributed by atoms with E-state index in [-0.39, 0.29) is 35.6 Å². The Morgan fingerprint density at radius 3 is 2.50 bits per heavy atom. The first-order valence-corrected chi connectivity index (χ1v) is 7.57. The van der Waals surface area contributed by atoms with Crippen LogP contribution in [0.25, 0.3) is 0 Å². The van der Waals surface area contributed by atoms with E-state index in [1.54, 1.807) is 12.1 Å². The fourth-order valence-corrected chi connectivity index (χ4v) is 2.44. The van der Waals surface area contributed by atoms with Gasteiger partial charge in [0.15, 0.2) is 0 Å². The lowest BCUT2D eigenvalue weighted by Crippen LogP contribution is -2.31. The van der Waals surface area contributed by atoms with Crippen molar-refractivity contribution >= 4 is 21.8 Å². The summed E-state index contributed by atoms with van der Waals surface area (Å²) in [5.41, 5.74) is 0.753. The maximum Gasteiger partial charge on any atom is 0.238 e. The minimum Gasteiger partial charge on any atom is -0.355 e. The lowest BCUT2D eigenvalue weighted by molar-refractivity contribution is -0.126. The molecule has 1 aromatic carbocycles. The van der Waals surface area contributed by atoms with Crippen molar-refractivity contribution in [1.82, 2.24) is 10.6 Å². The zero-order valence-electron chi connectivity index (χ0n) is 10.6. The van der Waals surface area contributed by atoms with Gasteiger partial charge in [0.1, 0.15) is 0 Å². The Balaban J connectivity index is 1.91. The quantitative estimate of drug-likeness (QED) is 0.666. The van der Waals surface area contributed by atoms with Crippen LogP contribution in [0.5, 0.6) is 0 Å². The van der Waals surface area contributed by atoms with Crippen LogP contribution < -0.4 is 15.8 Å². The summed E-state index contributed by atoms with van der Waals surface area (Å²) >= 11 is 0. The first kappa shape index (κ1) is 14.5. The molecule has 7 nitrogen and oxygen atoms in total. The second-order valence-corrected chi connectivity index (χ2v) is 6.17. The molecule has 1 saturated heterocycles. The summed E-state index contributed by atoms with van der Waals surface area (Å²) in [6.45, 7) is 0.628. The van der Waals surface area contributed by atoms with E-state index in [9.17, 15) is 18.0 Å². The number of nitrogens with two attached hydrogens (primary N) is 1. The highest BCUT2D eigenvalue weighted by Gasteiger charge is 2.27. The first-order valence-electron chi connectivity index (χ1n) is 6.02. The van der Waals surface area contributed by atoms with Crippen LogP contribution in [-0.4, -0.2) is 26.8 Å². The van der Waals surface area contributed by atoms with Gasteiger partial charge in [0, 0.05) is 19.5 Å². The van der Waals surface area contributed by atoms with E-state index in [1.807, 2.05) is 0 Å². The number of benzene rings is 1. The molecule has 108 valence electrons. The maximum atomic E-state index is 11.8. The second kappa shape index (κ2) is 5.59. The minimum atomic E-state index is -3.70. The highest BCUT2D eigenvalue weighted by molar-refractivity contribution is 7.89. The predicted octanol–water partition coefficient (Wildman–Crippen LogP) is -0.914. The molecule has 4 N–H and O–H groups in total. The molecule has 1 fully saturated rings. The van der Waals surface area contributed by atoms with E-state index < -0.39 is 10.0 Å². The van der Waals surface area contributed by atoms with Crippen molar-refractivity contribution in [3.63, 3.8) is 0 Å². The summed E-state index contributed by atoms with van der Waals surface area (Å²) in [7, 11) is -3.70. The molecule has 2 amide bonds. The molecule has 0 aromatic heterocycles. The van der Waals surface area contributed by atoms with Gasteiger partial charge in [0.2, 0.25) is 21.8 Å². The van der Waals surface area contributed by atoms with E-state index in [0.29, 0.717) is 6.54 Å². The SMILES string of the molecule is NS(=O)(=O)c1ccc(CNC(=O)C2CNC(=O)C2)cc1. The zero-order valence-corrected chi connectivity index (χ0v) is 11.4. The number of amides is 2. The molecule has 8 heteroatoms. The summed E-state index contributed by atoms with van der Waals surface area (Å²) in [4.78, 5) is 22.8. The predicted molar refractivity (Wildman–Crippen MR) is 70.8 cm³/mol. The van der Waals surface area contributed by atoms with Gasteiger partial charge < -0.3 is 10.6 Å². The number of sulfonamides is 1. The van der Waals surface area contributed by atoms with E-state index in [2.05, 4.69) is 10.6 Å². The molecule has 2 rings (SSSR count). The van der Waals surface area contributed by atoms with Gasteiger partial charge in [-0.1, -0.05) is 12.1 Å². The van der Waals surface area contributed by atoms with Gasteiger partial charge in [0.25, 0.3) is 0 Å². The average molecular weight is 297 g/mol. The molecule has 20 heavy (non-hydrogen) atoms. The number of carbonyl (C=O) groups excluding carboxylic acids is 2. The fraction of sp³-hybridized carbons (Fsp3) is 0.333. The van der Waals surface area contributed by atoms with Gasteiger partial charge in [-0.2, -0.15) is 0 Å². The Hall–Kier alpha value is -1.93. The Kier molecular flexibility index (Phi) is 4.05. The molecule has 0 spiro atoms. The molecule has 1 atom stereocenters. The molecule has 1 heterocycles. The lowest BCUT2D eigenvalue weighted by Gasteiger charge is -2.09. The summed E-state index contributed by atoms with van der Waals surface area (Å²) in [5, 5.41) is 10.3. The van der Waals surface area contributed by atoms with Gasteiger partial charge in [0.05, 0.1) is 10.8 Å². The van der Waals surface area contributed by atoms with Crippen LogP contribution in [0.15, 0.2) is 29.2 Å². The Bertz CT molecular complexity index is 625. The third-order valence-corrected chi connectivity index (χ3v) is 4.00. The molecule has 1 aliphatic rings. The number of nitrogens with one attached hydrogen (secondary N) is 2. The smallest absolute Gasteiger partial charge is 0.238 e. The fourth-order valence-electron chi connectivity index (χ4n) is 1.92. The normalized spacial score (nSPS) is 18.6. The summed E-state index contributed by atoms with van der Waals surface area (Å²) < 4.78 is 22.2. The molecule has 1 aromatic rings. The number of rotatable bonds is 4. The van der Waals surface area contributed by atoms with Crippen LogP contribution in [0.2, 0.25) is 0 Å². The number of carbonyl (C=O) groups is 2. The van der Waals surface area contributed by atoms with Gasteiger partial charge >= 0.3 is 0 Å². The monoisotopic (exact) mass is 297 g/mol. The Morgan fingerprint density at radius 1 is 1.35 bits per heavy atom. The standard InChI is InChI=1S/C12H15N3O4S/c13-20(18,19)10-3-1-8(2-4-10)6-15-12(17)9-5-11(16)14-7-9/h1-4,9H,5-7H2,(H,14,16)(H,15,17)(H2,13,18,19). The van der Waals surface area contributed by atoms with Gasteiger partial charge in [-0.25, -0.2) is 13.6 Å². The highest BCUT2D eigenvalue weighted by Crippen LogP contribution is 2.11. The third kappa shape index (κ3) is 3.55. The molecular formula is C12H15N3O4S. The molecular weight excluding hydrogens is 282 g/mol. The molecule has 0 saturated carbocycles. The van der Waals surface area contributed by atoms with Crippen LogP contribution in [0.4, 0.5) is 0 Å². The maximum absolute atomic E-state index is 11.8. The van der Waals surface area contributed by atoms with E-state index >= 15 is 0 Å². The minimum absolute atomic E-state index is 0.0261. The van der Waals surface area contributed by atoms with Crippen molar-refractivity contribution in [2.75, 3.05) is 6.54 Å². The van der Waals surface area contributed by atoms with Crippen LogP contribution >= 0.6 is 0 Å². The molecule has 0 bridgehead atoms. The Morgan fingerprint density at radius 2 is 2.00 bits per heavy atom. The average Bonchev–Trinajstić information content (AvgIpc) is 2.82. The molecule has 0 aliphatic carbocycles. The van der Waals surface area contributed by atoms with Crippen molar-refractivity contribution in [2.24, 2.45) is 11.1 Å². The van der Waals surface area contributed by atoms with Crippen LogP contribution in [0, 0.1) is 5.92 Å². The number of hydrogen-bond donors (Lipinski definition) is 3. The third-order valence-electron chi connectivity index (χ3n) is 3.07. The van der Waals surface area contributed by atoms with E-state index in [4.69, 9.17) is 5.14 Å². The second-order valence-electron chi connectivity index (χ2n) is 4.61. The van der Waals surface area contributed by atoms with Gasteiger partial charge in [-0.15, -0.1) is 0 Å². The Labute approximate surface area is 116 Å². The summed E-state index contributed by atoms with van der Waals surface area (Å²) in [5.74, 6) is -0.660. The molecule has 0 radical (unpaired) electrons. The van der Waals surface area contributed by atoms with Crippen molar-refractivity contribution in [2.45, 2.75) is 17.9 Å². The van der Waals surface area contributed by atoms with Gasteiger partial charge in [-0.05, 0) is 17.7 Å². The van der Waals surface area contributed by atoms with Crippen molar-refractivity contribution in [1.29, 1.82) is 0 Å². The summed E-state index contributed by atoms with van der Waals surface area (Å²) in [6.07, 6.45) is 0.205. The van der Waals surface area contributed by atoms with Crippen LogP contribution in [-0.2, 0) is 26.2 Å². The van der Waals surface area contributed by atoms with Gasteiger partial charge in [-0.3, -0.25) is 9.59 Å². The van der Waals surface area contributed by atoms with Crippen molar-refractivity contribution < 1.29 is 18.0 Å². The number of primary sulfonamides is 1. The largest absolute Gasteiger partial charge is 0.355 e. The van der Waals surface area contributed by atoms with E-state index in [0.717, 1.165) is 5.56 Å². The highest BCUT2D eigenvalue weighted by atomic mass is 32.2. The zero-order chi connectivity index (χ0) is 14.8. The van der Waals surface area contributed by atoms with Crippen molar-refractivity contribution in [3.8, 4) is 0 Å². The van der Waals surface area contributed by atoms with E-state index in [1.165, 1.54) is 12.1 Å². The van der Waals surface area contributed by atoms with Crippen LogP contribution in [0.1, 0.15) is 12.0 Å². The summed E-state index contributed by atoms with van der Waals surface area (Å²) in [6, 6.07) is 5.94. The van der Waals surface area contributed by atoms with Crippen LogP contribution in [0.3, 0.4) is 0 Å². The molecule has 1 aliphatic heterocycles. The van der Waals surface area contributed by atoms with Crippen molar-refractivity contribution in [3.05, 3.63) is 29.8 Å². The number of hydrogen-bond acceptors (Lipinski definition) is 4. The molecule has 1 unspecified atom stereocenters.